The molecule has 0 saturated carbocycles. The Kier molecular flexibility index (Phi) is 8.48. The number of hydrogen-bond donors (Lipinski definition) is 0. The molecular weight excluding hydrogens is 482 g/mol. The number of carbonyl (C=O) groups excluding carboxylic acids is 2. The number of amides is 1. The normalized spacial score (nSPS) is 20.1. The highest BCUT2D eigenvalue weighted by Crippen LogP contribution is 2.40. The van der Waals surface area contributed by atoms with E-state index in [9.17, 15) is 9.59 Å². The van der Waals surface area contributed by atoms with Crippen molar-refractivity contribution in [1.82, 2.24) is 9.91 Å². The third-order valence-electron chi connectivity index (χ3n) is 6.63. The van der Waals surface area contributed by atoms with Gasteiger partial charge in [0.15, 0.2) is 0 Å². The van der Waals surface area contributed by atoms with Crippen LogP contribution in [-0.2, 0) is 14.3 Å². The first-order valence-corrected chi connectivity index (χ1v) is 12.6. The van der Waals surface area contributed by atoms with Gasteiger partial charge in [-0.1, -0.05) is 29.8 Å². The van der Waals surface area contributed by atoms with Crippen LogP contribution in [0.15, 0.2) is 47.6 Å². The molecule has 0 N–H and O–H groups in total. The number of halogens is 1. The van der Waals surface area contributed by atoms with Crippen molar-refractivity contribution in [2.75, 3.05) is 40.5 Å². The molecule has 0 spiro atoms. The monoisotopic (exact) mass is 513 g/mol. The smallest absolute Gasteiger partial charge is 0.310 e. The molecule has 192 valence electrons. The molecule has 8 nitrogen and oxygen atoms in total. The maximum absolute atomic E-state index is 13.6. The molecule has 2 aliphatic heterocycles. The van der Waals surface area contributed by atoms with Crippen LogP contribution in [0.5, 0.6) is 11.5 Å². The zero-order chi connectivity index (χ0) is 25.7. The summed E-state index contributed by atoms with van der Waals surface area (Å²) in [7, 11) is 3.19. The molecule has 2 aromatic carbocycles. The second-order valence-electron chi connectivity index (χ2n) is 8.92. The van der Waals surface area contributed by atoms with E-state index in [0.717, 1.165) is 36.2 Å². The third-order valence-corrected chi connectivity index (χ3v) is 6.96. The van der Waals surface area contributed by atoms with Crippen molar-refractivity contribution in [1.29, 1.82) is 0 Å². The lowest BCUT2D eigenvalue weighted by atomic mass is 9.97. The van der Waals surface area contributed by atoms with Crippen molar-refractivity contribution in [2.24, 2.45) is 11.0 Å². The summed E-state index contributed by atoms with van der Waals surface area (Å²) in [5, 5.41) is 6.88. The average molecular weight is 514 g/mol. The molecule has 0 bridgehead atoms. The van der Waals surface area contributed by atoms with Crippen LogP contribution in [0.4, 0.5) is 0 Å². The quantitative estimate of drug-likeness (QED) is 0.489. The van der Waals surface area contributed by atoms with E-state index in [1.165, 1.54) is 5.01 Å². The van der Waals surface area contributed by atoms with Crippen molar-refractivity contribution < 1.29 is 23.8 Å². The highest BCUT2D eigenvalue weighted by molar-refractivity contribution is 6.34. The second kappa shape index (κ2) is 11.8. The highest BCUT2D eigenvalue weighted by atomic mass is 35.5. The molecule has 0 aromatic heterocycles. The minimum atomic E-state index is -0.365. The number of rotatable bonds is 8. The molecular formula is C27H32ClN3O5. The van der Waals surface area contributed by atoms with E-state index >= 15 is 0 Å². The zero-order valence-corrected chi connectivity index (χ0v) is 21.7. The van der Waals surface area contributed by atoms with Crippen molar-refractivity contribution in [3.63, 3.8) is 0 Å². The summed E-state index contributed by atoms with van der Waals surface area (Å²) in [6, 6.07) is 12.7. The Bertz CT molecular complexity index is 1140. The average Bonchev–Trinajstić information content (AvgIpc) is 3.34. The predicted octanol–water partition coefficient (Wildman–Crippen LogP) is 4.31. The van der Waals surface area contributed by atoms with Crippen LogP contribution in [0.1, 0.15) is 43.4 Å². The van der Waals surface area contributed by atoms with E-state index in [1.807, 2.05) is 41.3 Å². The van der Waals surface area contributed by atoms with Gasteiger partial charge in [-0.15, -0.1) is 0 Å². The molecule has 0 radical (unpaired) electrons. The number of ether oxygens (including phenoxy) is 3. The predicted molar refractivity (Wildman–Crippen MR) is 138 cm³/mol. The van der Waals surface area contributed by atoms with Gasteiger partial charge in [-0.25, -0.2) is 5.01 Å². The Morgan fingerprint density at radius 3 is 2.67 bits per heavy atom. The van der Waals surface area contributed by atoms with Gasteiger partial charge < -0.3 is 14.2 Å². The van der Waals surface area contributed by atoms with E-state index in [1.54, 1.807) is 27.2 Å². The zero-order valence-electron chi connectivity index (χ0n) is 20.9. The van der Waals surface area contributed by atoms with Crippen LogP contribution in [0, 0.1) is 5.92 Å². The first-order valence-electron chi connectivity index (χ1n) is 12.2. The Balaban J connectivity index is 1.61. The van der Waals surface area contributed by atoms with Crippen LogP contribution in [0.3, 0.4) is 0 Å². The van der Waals surface area contributed by atoms with Gasteiger partial charge in [-0.3, -0.25) is 14.5 Å². The lowest BCUT2D eigenvalue weighted by Crippen LogP contribution is -2.44. The van der Waals surface area contributed by atoms with Crippen LogP contribution >= 0.6 is 11.6 Å². The van der Waals surface area contributed by atoms with E-state index < -0.39 is 0 Å². The van der Waals surface area contributed by atoms with Crippen molar-refractivity contribution in [3.8, 4) is 11.5 Å². The Morgan fingerprint density at radius 1 is 1.14 bits per heavy atom. The highest BCUT2D eigenvalue weighted by Gasteiger charge is 2.37. The van der Waals surface area contributed by atoms with Gasteiger partial charge >= 0.3 is 5.97 Å². The van der Waals surface area contributed by atoms with E-state index in [0.29, 0.717) is 36.1 Å². The molecule has 0 aliphatic carbocycles. The first-order chi connectivity index (χ1) is 17.4. The molecule has 2 aromatic rings. The van der Waals surface area contributed by atoms with E-state index in [-0.39, 0.29) is 30.4 Å². The molecule has 1 amide bonds. The fourth-order valence-electron chi connectivity index (χ4n) is 4.85. The van der Waals surface area contributed by atoms with Gasteiger partial charge in [0.25, 0.3) is 5.91 Å². The SMILES string of the molecule is CCOC(=O)[C@@H]1CCCN(CC(=O)N2N=C(c3ccccc3Cl)C[C@@H]2c2ccc(OC)cc2OC)C1. The Morgan fingerprint density at radius 2 is 1.94 bits per heavy atom. The van der Waals surface area contributed by atoms with Gasteiger partial charge in [-0.2, -0.15) is 5.10 Å². The molecule has 2 heterocycles. The topological polar surface area (TPSA) is 80.7 Å². The molecule has 4 rings (SSSR count). The van der Waals surface area contributed by atoms with Gasteiger partial charge in [-0.05, 0) is 44.5 Å². The number of likely N-dealkylation sites (tertiary alicyclic amines) is 1. The number of carbonyl (C=O) groups is 2. The van der Waals surface area contributed by atoms with Crippen molar-refractivity contribution >= 4 is 29.2 Å². The van der Waals surface area contributed by atoms with E-state index in [4.69, 9.17) is 30.9 Å². The van der Waals surface area contributed by atoms with Crippen LogP contribution in [0.25, 0.3) is 0 Å². The first kappa shape index (κ1) is 26.0. The van der Waals surface area contributed by atoms with Crippen molar-refractivity contribution in [2.45, 2.75) is 32.2 Å². The number of esters is 1. The van der Waals surface area contributed by atoms with Crippen LogP contribution in [0.2, 0.25) is 5.02 Å². The lowest BCUT2D eigenvalue weighted by Gasteiger charge is -2.32. The number of nitrogens with zero attached hydrogens (tertiary/aromatic N) is 3. The van der Waals surface area contributed by atoms with Crippen LogP contribution in [-0.4, -0.2) is 68.0 Å². The number of piperidine rings is 1. The Labute approximate surface area is 216 Å². The number of hydrogen-bond acceptors (Lipinski definition) is 7. The minimum Gasteiger partial charge on any atom is -0.497 e. The van der Waals surface area contributed by atoms with Gasteiger partial charge in [0.1, 0.15) is 11.5 Å². The summed E-state index contributed by atoms with van der Waals surface area (Å²) in [5.41, 5.74) is 2.37. The van der Waals surface area contributed by atoms with Crippen LogP contribution < -0.4 is 9.47 Å². The van der Waals surface area contributed by atoms with Crippen molar-refractivity contribution in [3.05, 3.63) is 58.6 Å². The minimum absolute atomic E-state index is 0.149. The molecule has 9 heteroatoms. The molecule has 1 saturated heterocycles. The lowest BCUT2D eigenvalue weighted by molar-refractivity contribution is -0.150. The van der Waals surface area contributed by atoms with Gasteiger partial charge in [0, 0.05) is 35.2 Å². The third kappa shape index (κ3) is 5.65. The standard InChI is InChI=1S/C27H32ClN3O5/c1-4-36-27(33)18-8-7-13-30(16-18)17-26(32)31-24(21-12-11-19(34-2)14-25(21)35-3)15-23(29-31)20-9-5-6-10-22(20)28/h5-6,9-12,14,18,24H,4,7-8,13,15-17H2,1-3H3/t18-,24-/m1/s1. The van der Waals surface area contributed by atoms with E-state index in [2.05, 4.69) is 0 Å². The maximum Gasteiger partial charge on any atom is 0.310 e. The van der Waals surface area contributed by atoms with Gasteiger partial charge in [0.05, 0.1) is 45.0 Å². The molecule has 0 unspecified atom stereocenters. The fraction of sp³-hybridized carbons (Fsp3) is 0.444. The number of benzene rings is 2. The Hall–Kier alpha value is -3.10. The summed E-state index contributed by atoms with van der Waals surface area (Å²) in [6.45, 7) is 3.55. The number of hydrazone groups is 1. The molecule has 2 atom stereocenters. The molecule has 2 aliphatic rings. The molecule has 1 fully saturated rings. The summed E-state index contributed by atoms with van der Waals surface area (Å²) in [6.07, 6.45) is 2.10. The summed E-state index contributed by atoms with van der Waals surface area (Å²) in [4.78, 5) is 27.9. The summed E-state index contributed by atoms with van der Waals surface area (Å²) < 4.78 is 16.2. The maximum atomic E-state index is 13.6. The molecule has 36 heavy (non-hydrogen) atoms. The number of methoxy groups -OCH3 is 2. The van der Waals surface area contributed by atoms with Gasteiger partial charge in [0.2, 0.25) is 0 Å². The summed E-state index contributed by atoms with van der Waals surface area (Å²) in [5.74, 6) is 0.718. The summed E-state index contributed by atoms with van der Waals surface area (Å²) >= 11 is 6.47. The largest absolute Gasteiger partial charge is 0.497 e. The fourth-order valence-corrected chi connectivity index (χ4v) is 5.09. The second-order valence-corrected chi connectivity index (χ2v) is 9.33.